The van der Waals surface area contributed by atoms with Gasteiger partial charge in [0.25, 0.3) is 6.43 Å². The Morgan fingerprint density at radius 2 is 1.94 bits per heavy atom. The van der Waals surface area contributed by atoms with E-state index in [2.05, 4.69) is 4.74 Å². The summed E-state index contributed by atoms with van der Waals surface area (Å²) in [5, 5.41) is 0.386. The fraction of sp³-hybridized carbons (Fsp3) is 0.462. The Kier molecular flexibility index (Phi) is 5.69. The molecule has 0 heterocycles. The van der Waals surface area contributed by atoms with Crippen molar-refractivity contribution >= 4 is 17.4 Å². The highest BCUT2D eigenvalue weighted by Gasteiger charge is 2.12. The molecule has 0 radical (unpaired) electrons. The van der Waals surface area contributed by atoms with Gasteiger partial charge < -0.3 is 4.74 Å². The number of aryl methyl sites for hydroxylation is 2. The van der Waals surface area contributed by atoms with Crippen LogP contribution in [0.2, 0.25) is 5.02 Å². The van der Waals surface area contributed by atoms with Crippen LogP contribution in [0.5, 0.6) is 0 Å². The Hall–Kier alpha value is -1.00. The third kappa shape index (κ3) is 4.35. The summed E-state index contributed by atoms with van der Waals surface area (Å²) in [4.78, 5) is 11.8. The van der Waals surface area contributed by atoms with E-state index in [1.54, 1.807) is 12.1 Å². The van der Waals surface area contributed by atoms with Crippen LogP contribution in [0.25, 0.3) is 0 Å². The number of alkyl halides is 2. The van der Waals surface area contributed by atoms with E-state index < -0.39 is 13.0 Å². The average Bonchev–Trinajstić information content (AvgIpc) is 2.28. The second-order valence-corrected chi connectivity index (χ2v) is 4.46. The van der Waals surface area contributed by atoms with Crippen LogP contribution in [0.15, 0.2) is 12.1 Å². The molecule has 1 rings (SSSR count). The van der Waals surface area contributed by atoms with Gasteiger partial charge in [0.2, 0.25) is 0 Å². The zero-order valence-corrected chi connectivity index (χ0v) is 11.1. The van der Waals surface area contributed by atoms with Crippen LogP contribution in [-0.4, -0.2) is 25.4 Å². The molecular weight excluding hydrogens is 262 g/mol. The maximum absolute atomic E-state index is 11.8. The third-order valence-corrected chi connectivity index (χ3v) is 2.91. The van der Waals surface area contributed by atoms with Crippen molar-refractivity contribution in [1.29, 1.82) is 0 Å². The van der Waals surface area contributed by atoms with Crippen LogP contribution in [0.3, 0.4) is 0 Å². The van der Waals surface area contributed by atoms with Crippen LogP contribution in [0.1, 0.15) is 27.9 Å². The Labute approximate surface area is 110 Å². The molecule has 0 aliphatic heterocycles. The van der Waals surface area contributed by atoms with Gasteiger partial charge in [0.15, 0.2) is 5.78 Å². The first-order valence-electron chi connectivity index (χ1n) is 5.57. The lowest BCUT2D eigenvalue weighted by Gasteiger charge is -2.08. The predicted molar refractivity (Wildman–Crippen MR) is 66.7 cm³/mol. The van der Waals surface area contributed by atoms with Crippen molar-refractivity contribution in [2.45, 2.75) is 26.7 Å². The van der Waals surface area contributed by atoms with Crippen LogP contribution in [0, 0.1) is 13.8 Å². The lowest BCUT2D eigenvalue weighted by molar-refractivity contribution is 0.0170. The molecule has 0 amide bonds. The maximum atomic E-state index is 11.8. The quantitative estimate of drug-likeness (QED) is 0.583. The number of ketones is 1. The molecule has 18 heavy (non-hydrogen) atoms. The number of hydrogen-bond donors (Lipinski definition) is 0. The van der Waals surface area contributed by atoms with E-state index in [1.807, 2.05) is 13.8 Å². The smallest absolute Gasteiger partial charge is 0.261 e. The molecule has 1 aromatic rings. The first-order chi connectivity index (χ1) is 8.41. The number of hydrogen-bond acceptors (Lipinski definition) is 2. The minimum absolute atomic E-state index is 0.0214. The molecule has 0 aliphatic carbocycles. The highest BCUT2D eigenvalue weighted by molar-refractivity contribution is 6.34. The first kappa shape index (κ1) is 15.1. The van der Waals surface area contributed by atoms with Crippen molar-refractivity contribution in [2.24, 2.45) is 0 Å². The second kappa shape index (κ2) is 6.81. The number of benzene rings is 1. The van der Waals surface area contributed by atoms with E-state index in [9.17, 15) is 13.6 Å². The highest BCUT2D eigenvalue weighted by Crippen LogP contribution is 2.22. The molecule has 0 aromatic heterocycles. The summed E-state index contributed by atoms with van der Waals surface area (Å²) in [7, 11) is 0. The van der Waals surface area contributed by atoms with Gasteiger partial charge >= 0.3 is 0 Å². The molecule has 0 aliphatic rings. The summed E-state index contributed by atoms with van der Waals surface area (Å²) in [6.45, 7) is 3.12. The zero-order chi connectivity index (χ0) is 13.7. The minimum atomic E-state index is -2.51. The normalized spacial score (nSPS) is 11.0. The zero-order valence-electron chi connectivity index (χ0n) is 10.3. The fourth-order valence-electron chi connectivity index (χ4n) is 1.47. The Bertz CT molecular complexity index is 433. The number of halogens is 3. The summed E-state index contributed by atoms with van der Waals surface area (Å²) in [6, 6.07) is 3.44. The standard InChI is InChI=1S/C13H15ClF2O2/c1-8-5-10(11(14)6-9(8)2)12(17)3-4-18-7-13(15)16/h5-6,13H,3-4,7H2,1-2H3. The van der Waals surface area contributed by atoms with E-state index in [-0.39, 0.29) is 18.8 Å². The third-order valence-electron chi connectivity index (χ3n) is 2.60. The molecule has 2 nitrogen and oxygen atoms in total. The predicted octanol–water partition coefficient (Wildman–Crippen LogP) is 3.81. The van der Waals surface area contributed by atoms with Gasteiger partial charge in [0.05, 0.1) is 11.6 Å². The number of carbonyl (C=O) groups excluding carboxylic acids is 1. The summed E-state index contributed by atoms with van der Waals surface area (Å²) in [5.74, 6) is -0.197. The molecule has 5 heteroatoms. The topological polar surface area (TPSA) is 26.3 Å². The lowest BCUT2D eigenvalue weighted by Crippen LogP contribution is -2.10. The molecular formula is C13H15ClF2O2. The number of carbonyl (C=O) groups is 1. The highest BCUT2D eigenvalue weighted by atomic mass is 35.5. The Balaban J connectivity index is 2.59. The molecule has 0 atom stereocenters. The van der Waals surface area contributed by atoms with Gasteiger partial charge in [-0.2, -0.15) is 0 Å². The van der Waals surface area contributed by atoms with Crippen molar-refractivity contribution in [1.82, 2.24) is 0 Å². The minimum Gasteiger partial charge on any atom is -0.375 e. The second-order valence-electron chi connectivity index (χ2n) is 4.06. The maximum Gasteiger partial charge on any atom is 0.261 e. The molecule has 0 saturated carbocycles. The summed E-state index contributed by atoms with van der Waals surface area (Å²) in [6.07, 6.45) is -2.46. The van der Waals surface area contributed by atoms with Gasteiger partial charge in [0.1, 0.15) is 6.61 Å². The van der Waals surface area contributed by atoms with Crippen molar-refractivity contribution in [2.75, 3.05) is 13.2 Å². The van der Waals surface area contributed by atoms with Crippen LogP contribution >= 0.6 is 11.6 Å². The van der Waals surface area contributed by atoms with Gasteiger partial charge in [-0.05, 0) is 37.1 Å². The molecule has 0 spiro atoms. The van der Waals surface area contributed by atoms with Gasteiger partial charge in [-0.25, -0.2) is 8.78 Å². The molecule has 0 saturated heterocycles. The van der Waals surface area contributed by atoms with E-state index in [4.69, 9.17) is 11.6 Å². The van der Waals surface area contributed by atoms with Crippen molar-refractivity contribution in [3.05, 3.63) is 33.8 Å². The van der Waals surface area contributed by atoms with Crippen molar-refractivity contribution in [3.8, 4) is 0 Å². The molecule has 0 bridgehead atoms. The van der Waals surface area contributed by atoms with Gasteiger partial charge in [-0.3, -0.25) is 4.79 Å². The largest absolute Gasteiger partial charge is 0.375 e. The number of rotatable bonds is 6. The average molecular weight is 277 g/mol. The van der Waals surface area contributed by atoms with Gasteiger partial charge in [0, 0.05) is 12.0 Å². The van der Waals surface area contributed by atoms with E-state index in [1.165, 1.54) is 0 Å². The molecule has 0 N–H and O–H groups in total. The fourth-order valence-corrected chi connectivity index (χ4v) is 1.79. The van der Waals surface area contributed by atoms with E-state index >= 15 is 0 Å². The van der Waals surface area contributed by atoms with Gasteiger partial charge in [-0.1, -0.05) is 11.6 Å². The monoisotopic (exact) mass is 276 g/mol. The van der Waals surface area contributed by atoms with Crippen LogP contribution < -0.4 is 0 Å². The summed E-state index contributed by atoms with van der Waals surface area (Å²) >= 11 is 5.98. The Morgan fingerprint density at radius 1 is 1.33 bits per heavy atom. The van der Waals surface area contributed by atoms with Gasteiger partial charge in [-0.15, -0.1) is 0 Å². The van der Waals surface area contributed by atoms with Crippen LogP contribution in [-0.2, 0) is 4.74 Å². The molecule has 1 aromatic carbocycles. The Morgan fingerprint density at radius 3 is 2.56 bits per heavy atom. The van der Waals surface area contributed by atoms with E-state index in [0.717, 1.165) is 11.1 Å². The summed E-state index contributed by atoms with van der Waals surface area (Å²) < 4.78 is 28.3. The van der Waals surface area contributed by atoms with Crippen molar-refractivity contribution < 1.29 is 18.3 Å². The molecule has 0 unspecified atom stereocenters. The first-order valence-corrected chi connectivity index (χ1v) is 5.95. The molecule has 0 fully saturated rings. The van der Waals surface area contributed by atoms with Crippen molar-refractivity contribution in [3.63, 3.8) is 0 Å². The SMILES string of the molecule is Cc1cc(Cl)c(C(=O)CCOCC(F)F)cc1C. The number of ether oxygens (including phenoxy) is 1. The number of Topliss-reactive ketones (excluding diaryl/α,β-unsaturated/α-hetero) is 1. The lowest BCUT2D eigenvalue weighted by atomic mass is 10.0. The molecule has 100 valence electrons. The van der Waals surface area contributed by atoms with E-state index in [0.29, 0.717) is 10.6 Å². The summed E-state index contributed by atoms with van der Waals surface area (Å²) in [5.41, 5.74) is 2.39. The van der Waals surface area contributed by atoms with Crippen LogP contribution in [0.4, 0.5) is 8.78 Å².